The van der Waals surface area contributed by atoms with Crippen molar-refractivity contribution < 1.29 is 24.2 Å². The zero-order chi connectivity index (χ0) is 29.2. The summed E-state index contributed by atoms with van der Waals surface area (Å²) < 4.78 is 12.3. The molecular formula is C30H35N3O6Si. The zero-order valence-electron chi connectivity index (χ0n) is 23.8. The number of pyridine rings is 2. The summed E-state index contributed by atoms with van der Waals surface area (Å²) in [7, 11) is -2.18. The maximum atomic E-state index is 13.7. The maximum Gasteiger partial charge on any atom is 0.412 e. The lowest BCUT2D eigenvalue weighted by Gasteiger charge is -2.31. The standard InChI is InChI=1S/C30H35N3O6Si/c1-8-12-40(6,7)25-18-13-17(31-28(36)39-29(3,4)5)10-11-22(18)32-24-19(25)15-33-23(24)14-21-20(26(33)34)16-38-27(35)30(21,37)9-2/h8,10-11,13-14,37H,1,9,12,15-16H2,2-7H3,(H,31,36)/t30-/m0/s1. The van der Waals surface area contributed by atoms with Gasteiger partial charge in [-0.15, -0.1) is 6.58 Å². The van der Waals surface area contributed by atoms with Crippen LogP contribution in [0.2, 0.25) is 19.1 Å². The van der Waals surface area contributed by atoms with E-state index >= 15 is 0 Å². The number of rotatable bonds is 5. The van der Waals surface area contributed by atoms with Gasteiger partial charge in [0.1, 0.15) is 12.2 Å². The van der Waals surface area contributed by atoms with Gasteiger partial charge in [0.15, 0.2) is 5.60 Å². The van der Waals surface area contributed by atoms with Crippen molar-refractivity contribution in [3.05, 3.63) is 64.0 Å². The molecule has 40 heavy (non-hydrogen) atoms. The molecule has 0 spiro atoms. The number of benzene rings is 1. The highest BCUT2D eigenvalue weighted by Crippen LogP contribution is 2.39. The molecule has 210 valence electrons. The van der Waals surface area contributed by atoms with Gasteiger partial charge in [-0.25, -0.2) is 14.6 Å². The third-order valence-electron chi connectivity index (χ3n) is 7.66. The molecule has 2 aromatic heterocycles. The molecule has 0 radical (unpaired) electrons. The quantitative estimate of drug-likeness (QED) is 0.209. The molecule has 0 saturated heterocycles. The van der Waals surface area contributed by atoms with Crippen LogP contribution in [-0.2, 0) is 33.0 Å². The van der Waals surface area contributed by atoms with Gasteiger partial charge in [-0.2, -0.15) is 0 Å². The molecule has 1 aromatic carbocycles. The van der Waals surface area contributed by atoms with Crippen LogP contribution in [0.15, 0.2) is 41.7 Å². The summed E-state index contributed by atoms with van der Waals surface area (Å²) in [5, 5.41) is 16.1. The van der Waals surface area contributed by atoms with Crippen LogP contribution in [-0.4, -0.2) is 40.4 Å². The SMILES string of the molecule is C=CC[Si](C)(C)c1c2c(nc3ccc(NC(=O)OC(C)(C)C)cc13)-c1cc3c(c(=O)n1C2)COC(=O)[C@]3(O)CC. The van der Waals surface area contributed by atoms with Crippen LogP contribution in [0.25, 0.3) is 22.3 Å². The highest BCUT2D eigenvalue weighted by atomic mass is 28.3. The van der Waals surface area contributed by atoms with Gasteiger partial charge >= 0.3 is 12.1 Å². The lowest BCUT2D eigenvalue weighted by molar-refractivity contribution is -0.172. The van der Waals surface area contributed by atoms with E-state index in [1.165, 1.54) is 0 Å². The van der Waals surface area contributed by atoms with Gasteiger partial charge in [0.25, 0.3) is 5.56 Å². The summed E-state index contributed by atoms with van der Waals surface area (Å²) in [6.45, 7) is 15.7. The average molecular weight is 562 g/mol. The molecule has 9 nitrogen and oxygen atoms in total. The molecule has 2 aliphatic rings. The smallest absolute Gasteiger partial charge is 0.412 e. The van der Waals surface area contributed by atoms with Crippen LogP contribution in [0.3, 0.4) is 0 Å². The fraction of sp³-hybridized carbons (Fsp3) is 0.400. The number of nitrogens with one attached hydrogen (secondary N) is 1. The van der Waals surface area contributed by atoms with E-state index in [0.717, 1.165) is 27.7 Å². The van der Waals surface area contributed by atoms with Crippen LogP contribution in [0.5, 0.6) is 0 Å². The van der Waals surface area contributed by atoms with Gasteiger partial charge in [0.05, 0.1) is 37.1 Å². The Morgan fingerprint density at radius 2 is 2.00 bits per heavy atom. The minimum Gasteiger partial charge on any atom is -0.458 e. The molecule has 5 rings (SSSR count). The number of fused-ring (bicyclic) bond motifs is 5. The number of carbonyl (C=O) groups is 2. The third-order valence-corrected chi connectivity index (χ3v) is 10.9. The van der Waals surface area contributed by atoms with Crippen LogP contribution in [0.1, 0.15) is 50.8 Å². The molecule has 0 aliphatic carbocycles. The van der Waals surface area contributed by atoms with E-state index < -0.39 is 31.3 Å². The van der Waals surface area contributed by atoms with Crippen molar-refractivity contribution in [3.8, 4) is 11.4 Å². The molecule has 0 bridgehead atoms. The Hall–Kier alpha value is -3.76. The van der Waals surface area contributed by atoms with Crippen molar-refractivity contribution >= 4 is 41.9 Å². The summed E-state index contributed by atoms with van der Waals surface area (Å²) in [6, 6.07) is 8.07. The number of nitrogens with zero attached hydrogens (tertiary/aromatic N) is 2. The van der Waals surface area contributed by atoms with Crippen molar-refractivity contribution in [2.75, 3.05) is 5.32 Å². The maximum absolute atomic E-state index is 13.7. The number of esters is 1. The predicted octanol–water partition coefficient (Wildman–Crippen LogP) is 4.53. The number of ether oxygens (including phenoxy) is 2. The largest absolute Gasteiger partial charge is 0.458 e. The van der Waals surface area contributed by atoms with Crippen LogP contribution >= 0.6 is 0 Å². The number of carbonyl (C=O) groups excluding carboxylic acids is 2. The Balaban J connectivity index is 1.73. The molecule has 1 amide bonds. The fourth-order valence-electron chi connectivity index (χ4n) is 5.81. The second-order valence-electron chi connectivity index (χ2n) is 12.2. The van der Waals surface area contributed by atoms with Crippen molar-refractivity contribution in [1.82, 2.24) is 9.55 Å². The lowest BCUT2D eigenvalue weighted by atomic mass is 9.86. The van der Waals surface area contributed by atoms with Crippen molar-refractivity contribution in [2.45, 2.75) is 77.6 Å². The topological polar surface area (TPSA) is 120 Å². The molecule has 2 aliphatic heterocycles. The van der Waals surface area contributed by atoms with Crippen LogP contribution in [0.4, 0.5) is 10.5 Å². The molecular weight excluding hydrogens is 526 g/mol. The molecule has 2 N–H and O–H groups in total. The van der Waals surface area contributed by atoms with E-state index in [9.17, 15) is 19.5 Å². The summed E-state index contributed by atoms with van der Waals surface area (Å²) in [6.07, 6.45) is 1.46. The first-order valence-electron chi connectivity index (χ1n) is 13.5. The van der Waals surface area contributed by atoms with E-state index in [1.807, 2.05) is 39.0 Å². The second-order valence-corrected chi connectivity index (χ2v) is 16.8. The fourth-order valence-corrected chi connectivity index (χ4v) is 8.68. The van der Waals surface area contributed by atoms with Crippen molar-refractivity contribution in [1.29, 1.82) is 0 Å². The molecule has 0 fully saturated rings. The Morgan fingerprint density at radius 1 is 1.27 bits per heavy atom. The molecule has 10 heteroatoms. The Labute approximate surface area is 233 Å². The number of hydrogen-bond donors (Lipinski definition) is 2. The summed E-state index contributed by atoms with van der Waals surface area (Å²) >= 11 is 0. The minimum absolute atomic E-state index is 0.0810. The highest BCUT2D eigenvalue weighted by Gasteiger charge is 2.46. The lowest BCUT2D eigenvalue weighted by Crippen LogP contribution is -2.45. The number of cyclic esters (lactones) is 1. The van der Waals surface area contributed by atoms with Crippen LogP contribution < -0.4 is 16.1 Å². The zero-order valence-corrected chi connectivity index (χ0v) is 24.8. The second kappa shape index (κ2) is 9.41. The number of allylic oxidation sites excluding steroid dienone is 1. The van der Waals surface area contributed by atoms with Crippen molar-refractivity contribution in [3.63, 3.8) is 0 Å². The molecule has 0 saturated carbocycles. The number of anilines is 1. The number of aromatic nitrogens is 2. The summed E-state index contributed by atoms with van der Waals surface area (Å²) in [4.78, 5) is 43.8. The Bertz CT molecular complexity index is 1650. The minimum atomic E-state index is -2.18. The van der Waals surface area contributed by atoms with Gasteiger partial charge in [0.2, 0.25) is 0 Å². The third kappa shape index (κ3) is 4.45. The van der Waals surface area contributed by atoms with Gasteiger partial charge in [0, 0.05) is 16.6 Å². The molecule has 0 unspecified atom stereocenters. The number of aliphatic hydroxyl groups is 1. The Kier molecular flexibility index (Phi) is 6.54. The van der Waals surface area contributed by atoms with E-state index in [1.54, 1.807) is 23.6 Å². The summed E-state index contributed by atoms with van der Waals surface area (Å²) in [5.74, 6) is -0.748. The van der Waals surface area contributed by atoms with Gasteiger partial charge in [-0.05, 0) is 68.3 Å². The average Bonchev–Trinajstić information content (AvgIpc) is 3.22. The van der Waals surface area contributed by atoms with Crippen LogP contribution in [0, 0.1) is 0 Å². The monoisotopic (exact) mass is 561 g/mol. The van der Waals surface area contributed by atoms with Crippen molar-refractivity contribution in [2.24, 2.45) is 0 Å². The number of amides is 1. The van der Waals surface area contributed by atoms with E-state index in [0.29, 0.717) is 29.2 Å². The van der Waals surface area contributed by atoms with Gasteiger partial charge in [-0.3, -0.25) is 10.1 Å². The van der Waals surface area contributed by atoms with E-state index in [4.69, 9.17) is 14.5 Å². The molecule has 1 atom stereocenters. The molecule has 4 heterocycles. The normalized spacial score (nSPS) is 18.0. The Morgan fingerprint density at radius 3 is 2.65 bits per heavy atom. The van der Waals surface area contributed by atoms with Gasteiger partial charge < -0.3 is 19.1 Å². The van der Waals surface area contributed by atoms with E-state index in [2.05, 4.69) is 25.0 Å². The summed E-state index contributed by atoms with van der Waals surface area (Å²) in [5.41, 5.74) is 1.24. The van der Waals surface area contributed by atoms with Gasteiger partial charge in [-0.1, -0.05) is 26.1 Å². The first-order chi connectivity index (χ1) is 18.7. The first-order valence-corrected chi connectivity index (χ1v) is 16.7. The highest BCUT2D eigenvalue weighted by molar-refractivity contribution is 6.92. The predicted molar refractivity (Wildman–Crippen MR) is 157 cm³/mol. The first kappa shape index (κ1) is 27.8. The number of hydrogen-bond acceptors (Lipinski definition) is 7. The molecule has 3 aromatic rings. The van der Waals surface area contributed by atoms with E-state index in [-0.39, 0.29) is 24.2 Å².